The second-order valence-corrected chi connectivity index (χ2v) is 1.59. The van der Waals surface area contributed by atoms with Gasteiger partial charge in [-0.2, -0.15) is 0 Å². The molecule has 0 radical (unpaired) electrons. The molecular formula is C6H5NO3. The molecule has 0 fully saturated rings. The number of rotatable bonds is 2. The highest BCUT2D eigenvalue weighted by Crippen LogP contribution is 1.98. The van der Waals surface area contributed by atoms with Gasteiger partial charge in [-0.15, -0.1) is 0 Å². The average Bonchev–Trinajstić information content (AvgIpc) is 2.38. The van der Waals surface area contributed by atoms with E-state index in [1.165, 1.54) is 12.3 Å². The Labute approximate surface area is 56.8 Å². The van der Waals surface area contributed by atoms with E-state index < -0.39 is 5.78 Å². The Morgan fingerprint density at radius 1 is 1.80 bits per heavy atom. The van der Waals surface area contributed by atoms with Crippen LogP contribution in [0.4, 0.5) is 0 Å². The summed E-state index contributed by atoms with van der Waals surface area (Å²) in [6, 6.07) is 3.07. The molecule has 4 nitrogen and oxygen atoms in total. The van der Waals surface area contributed by atoms with Crippen LogP contribution in [-0.2, 0) is 0 Å². The van der Waals surface area contributed by atoms with Crippen LogP contribution in [0.15, 0.2) is 28.0 Å². The van der Waals surface area contributed by atoms with E-state index in [-0.39, 0.29) is 5.76 Å². The van der Waals surface area contributed by atoms with Crippen molar-refractivity contribution in [2.75, 3.05) is 0 Å². The number of hydrogen-bond acceptors (Lipinski definition) is 4. The van der Waals surface area contributed by atoms with Crippen LogP contribution in [0.3, 0.4) is 0 Å². The highest BCUT2D eigenvalue weighted by molar-refractivity contribution is 6.34. The fourth-order valence-corrected chi connectivity index (χ4v) is 0.535. The molecule has 10 heavy (non-hydrogen) atoms. The third kappa shape index (κ3) is 1.22. The number of ketones is 1. The van der Waals surface area contributed by atoms with E-state index in [1.807, 2.05) is 0 Å². The number of carbonyl (C=O) groups is 1. The summed E-state index contributed by atoms with van der Waals surface area (Å²) in [5.74, 6) is -0.287. The molecule has 0 atom stereocenters. The summed E-state index contributed by atoms with van der Waals surface area (Å²) in [5, 5.41) is 10.5. The molecule has 1 heterocycles. The van der Waals surface area contributed by atoms with Gasteiger partial charge in [0, 0.05) is 0 Å². The lowest BCUT2D eigenvalue weighted by Gasteiger charge is -1.82. The molecule has 1 N–H and O–H groups in total. The minimum atomic E-state index is -0.451. The molecule has 0 aliphatic heterocycles. The SMILES string of the molecule is O=C(C=NO)c1ccco1. The summed E-state index contributed by atoms with van der Waals surface area (Å²) in [4.78, 5) is 10.7. The predicted octanol–water partition coefficient (Wildman–Crippen LogP) is 0.922. The van der Waals surface area contributed by atoms with Gasteiger partial charge >= 0.3 is 0 Å². The van der Waals surface area contributed by atoms with Crippen molar-refractivity contribution in [3.63, 3.8) is 0 Å². The van der Waals surface area contributed by atoms with Crippen LogP contribution in [-0.4, -0.2) is 17.2 Å². The second-order valence-electron chi connectivity index (χ2n) is 1.59. The van der Waals surface area contributed by atoms with Crippen molar-refractivity contribution in [3.8, 4) is 0 Å². The van der Waals surface area contributed by atoms with Crippen LogP contribution >= 0.6 is 0 Å². The highest BCUT2D eigenvalue weighted by Gasteiger charge is 2.03. The number of hydrogen-bond donors (Lipinski definition) is 1. The van der Waals surface area contributed by atoms with Gasteiger partial charge in [0.1, 0.15) is 6.21 Å². The third-order valence-electron chi connectivity index (χ3n) is 0.939. The molecule has 1 rings (SSSR count). The Bertz CT molecular complexity index is 238. The molecule has 52 valence electrons. The van der Waals surface area contributed by atoms with Crippen molar-refractivity contribution in [2.24, 2.45) is 5.16 Å². The summed E-state index contributed by atoms with van der Waals surface area (Å²) < 4.78 is 4.70. The van der Waals surface area contributed by atoms with Crippen molar-refractivity contribution in [1.82, 2.24) is 0 Å². The monoisotopic (exact) mass is 139 g/mol. The maximum Gasteiger partial charge on any atom is 0.242 e. The smallest absolute Gasteiger partial charge is 0.242 e. The Balaban J connectivity index is 2.78. The third-order valence-corrected chi connectivity index (χ3v) is 0.939. The summed E-state index contributed by atoms with van der Waals surface area (Å²) in [6.07, 6.45) is 2.15. The quantitative estimate of drug-likeness (QED) is 0.287. The number of oxime groups is 1. The Morgan fingerprint density at radius 2 is 2.60 bits per heavy atom. The van der Waals surface area contributed by atoms with E-state index in [9.17, 15) is 4.79 Å². The molecule has 0 unspecified atom stereocenters. The van der Waals surface area contributed by atoms with Crippen LogP contribution in [0.25, 0.3) is 0 Å². The fourth-order valence-electron chi connectivity index (χ4n) is 0.535. The second kappa shape index (κ2) is 2.82. The first-order chi connectivity index (χ1) is 4.84. The van der Waals surface area contributed by atoms with Crippen molar-refractivity contribution in [2.45, 2.75) is 0 Å². The minimum Gasteiger partial charge on any atom is -0.461 e. The Kier molecular flexibility index (Phi) is 1.84. The molecule has 0 amide bonds. The lowest BCUT2D eigenvalue weighted by molar-refractivity contribution is 0.104. The van der Waals surface area contributed by atoms with Crippen LogP contribution in [0, 0.1) is 0 Å². The molecule has 0 aliphatic rings. The highest BCUT2D eigenvalue weighted by atomic mass is 16.4. The van der Waals surface area contributed by atoms with E-state index in [4.69, 9.17) is 9.62 Å². The van der Waals surface area contributed by atoms with Crippen LogP contribution in [0.1, 0.15) is 10.6 Å². The van der Waals surface area contributed by atoms with Gasteiger partial charge in [0.15, 0.2) is 5.76 Å². The molecule has 0 bridgehead atoms. The molecule has 1 aromatic heterocycles. The zero-order valence-corrected chi connectivity index (χ0v) is 5.02. The predicted molar refractivity (Wildman–Crippen MR) is 33.3 cm³/mol. The van der Waals surface area contributed by atoms with E-state index in [0.29, 0.717) is 0 Å². The molecule has 0 aromatic carbocycles. The number of nitrogens with zero attached hydrogens (tertiary/aromatic N) is 1. The molecule has 0 saturated carbocycles. The largest absolute Gasteiger partial charge is 0.461 e. The Hall–Kier alpha value is -1.58. The summed E-state index contributed by atoms with van der Waals surface area (Å²) in [5.41, 5.74) is 0. The van der Waals surface area contributed by atoms with Gasteiger partial charge in [-0.1, -0.05) is 5.16 Å². The lowest BCUT2D eigenvalue weighted by atomic mass is 10.3. The van der Waals surface area contributed by atoms with Gasteiger partial charge in [-0.3, -0.25) is 4.79 Å². The van der Waals surface area contributed by atoms with Gasteiger partial charge in [0.05, 0.1) is 6.26 Å². The van der Waals surface area contributed by atoms with Gasteiger partial charge < -0.3 is 9.62 Å². The average molecular weight is 139 g/mol. The van der Waals surface area contributed by atoms with Gasteiger partial charge in [0.2, 0.25) is 5.78 Å². The number of furan rings is 1. The van der Waals surface area contributed by atoms with Crippen molar-refractivity contribution in [3.05, 3.63) is 24.2 Å². The van der Waals surface area contributed by atoms with Crippen LogP contribution in [0.5, 0.6) is 0 Å². The molecule has 4 heteroatoms. The lowest BCUT2D eigenvalue weighted by Crippen LogP contribution is -1.96. The molecule has 0 aliphatic carbocycles. The van der Waals surface area contributed by atoms with Crippen LogP contribution < -0.4 is 0 Å². The summed E-state index contributed by atoms with van der Waals surface area (Å²) >= 11 is 0. The molecule has 0 saturated heterocycles. The van der Waals surface area contributed by atoms with Crippen LogP contribution in [0.2, 0.25) is 0 Å². The summed E-state index contributed by atoms with van der Waals surface area (Å²) in [7, 11) is 0. The zero-order chi connectivity index (χ0) is 7.40. The first-order valence-electron chi connectivity index (χ1n) is 2.60. The zero-order valence-electron chi connectivity index (χ0n) is 5.02. The maximum absolute atomic E-state index is 10.7. The fraction of sp³-hybridized carbons (Fsp3) is 0. The van der Waals surface area contributed by atoms with E-state index in [1.54, 1.807) is 6.07 Å². The van der Waals surface area contributed by atoms with Gasteiger partial charge in [-0.05, 0) is 12.1 Å². The van der Waals surface area contributed by atoms with E-state index >= 15 is 0 Å². The first kappa shape index (κ1) is 6.54. The maximum atomic E-state index is 10.7. The molecule has 0 spiro atoms. The molecular weight excluding hydrogens is 134 g/mol. The summed E-state index contributed by atoms with van der Waals surface area (Å²) in [6.45, 7) is 0. The van der Waals surface area contributed by atoms with E-state index in [0.717, 1.165) is 6.21 Å². The van der Waals surface area contributed by atoms with Crippen molar-refractivity contribution in [1.29, 1.82) is 0 Å². The van der Waals surface area contributed by atoms with E-state index in [2.05, 4.69) is 5.16 Å². The van der Waals surface area contributed by atoms with Crippen molar-refractivity contribution >= 4 is 12.0 Å². The minimum absolute atomic E-state index is 0.165. The molecule has 1 aromatic rings. The van der Waals surface area contributed by atoms with Gasteiger partial charge in [0.25, 0.3) is 0 Å². The van der Waals surface area contributed by atoms with Gasteiger partial charge in [-0.25, -0.2) is 0 Å². The van der Waals surface area contributed by atoms with Crippen molar-refractivity contribution < 1.29 is 14.4 Å². The number of carbonyl (C=O) groups excluding carboxylic acids is 1. The Morgan fingerprint density at radius 3 is 3.10 bits per heavy atom. The number of Topliss-reactive ketones (excluding diaryl/α,β-unsaturated/α-hetero) is 1. The first-order valence-corrected chi connectivity index (χ1v) is 2.60. The standard InChI is InChI=1S/C6H5NO3/c8-5(4-7-9)6-2-1-3-10-6/h1-4,9H. The normalized spacial score (nSPS) is 10.4. The topological polar surface area (TPSA) is 62.8 Å².